The number of hydrogen-bond acceptors (Lipinski definition) is 2. The number of fused-ring (bicyclic) bond motifs is 1. The Balaban J connectivity index is 2.40. The largest absolute Gasteiger partial charge is 0.479 e. The summed E-state index contributed by atoms with van der Waals surface area (Å²) in [5.74, 6) is -1.02. The van der Waals surface area contributed by atoms with E-state index in [4.69, 9.17) is 16.7 Å². The summed E-state index contributed by atoms with van der Waals surface area (Å²) in [4.78, 5) is 11.1. The van der Waals surface area contributed by atoms with E-state index in [9.17, 15) is 9.90 Å². The van der Waals surface area contributed by atoms with Crippen molar-refractivity contribution in [2.24, 2.45) is 5.92 Å². The van der Waals surface area contributed by atoms with Gasteiger partial charge in [-0.1, -0.05) is 17.7 Å². The van der Waals surface area contributed by atoms with Gasteiger partial charge in [-0.3, -0.25) is 0 Å². The third kappa shape index (κ3) is 1.70. The minimum Gasteiger partial charge on any atom is -0.479 e. The van der Waals surface area contributed by atoms with E-state index in [0.29, 0.717) is 10.6 Å². The summed E-state index contributed by atoms with van der Waals surface area (Å²) < 4.78 is 0. The lowest BCUT2D eigenvalue weighted by Gasteiger charge is -2.38. The summed E-state index contributed by atoms with van der Waals surface area (Å²) in [6, 6.07) is 0. The van der Waals surface area contributed by atoms with Crippen LogP contribution in [0.2, 0.25) is 0 Å². The smallest absolute Gasteiger partial charge is 0.340 e. The van der Waals surface area contributed by atoms with E-state index in [1.54, 1.807) is 6.08 Å². The number of aliphatic hydroxyl groups is 1. The molecule has 0 aromatic heterocycles. The summed E-state index contributed by atoms with van der Waals surface area (Å²) in [7, 11) is 0. The SMILES string of the molecule is O=C(O)C1(O)CCCC2CC=C(Cl)C=C21. The van der Waals surface area contributed by atoms with Crippen LogP contribution in [0.3, 0.4) is 0 Å². The van der Waals surface area contributed by atoms with Crippen LogP contribution in [0.1, 0.15) is 25.7 Å². The van der Waals surface area contributed by atoms with Crippen LogP contribution in [0, 0.1) is 5.92 Å². The van der Waals surface area contributed by atoms with Crippen molar-refractivity contribution < 1.29 is 15.0 Å². The average molecular weight is 229 g/mol. The van der Waals surface area contributed by atoms with E-state index in [0.717, 1.165) is 19.3 Å². The molecule has 0 bridgehead atoms. The minimum atomic E-state index is -1.70. The van der Waals surface area contributed by atoms with Crippen molar-refractivity contribution in [2.75, 3.05) is 0 Å². The van der Waals surface area contributed by atoms with Crippen LogP contribution >= 0.6 is 11.6 Å². The van der Waals surface area contributed by atoms with Gasteiger partial charge < -0.3 is 10.2 Å². The Hall–Kier alpha value is -0.800. The molecule has 2 rings (SSSR count). The van der Waals surface area contributed by atoms with E-state index < -0.39 is 11.6 Å². The standard InChI is InChI=1S/C11H13ClO3/c12-8-4-3-7-2-1-5-11(15,10(13)14)9(7)6-8/h4,6-7,15H,1-3,5H2,(H,13,14). The van der Waals surface area contributed by atoms with Crippen LogP contribution in [0.25, 0.3) is 0 Å². The van der Waals surface area contributed by atoms with Gasteiger partial charge in [-0.15, -0.1) is 0 Å². The Labute approximate surface area is 93.1 Å². The zero-order valence-corrected chi connectivity index (χ0v) is 9.00. The predicted octanol–water partition coefficient (Wildman–Crippen LogP) is 2.05. The molecule has 82 valence electrons. The molecule has 0 amide bonds. The minimum absolute atomic E-state index is 0.141. The Kier molecular flexibility index (Phi) is 2.61. The second-order valence-electron chi connectivity index (χ2n) is 4.18. The molecule has 2 atom stereocenters. The monoisotopic (exact) mass is 228 g/mol. The molecule has 0 aromatic rings. The first kappa shape index (κ1) is 10.7. The summed E-state index contributed by atoms with van der Waals surface area (Å²) >= 11 is 5.85. The molecule has 4 heteroatoms. The fraction of sp³-hybridized carbons (Fsp3) is 0.545. The highest BCUT2D eigenvalue weighted by atomic mass is 35.5. The number of carboxylic acid groups (broad SMARTS) is 1. The fourth-order valence-corrected chi connectivity index (χ4v) is 2.62. The maximum absolute atomic E-state index is 11.1. The molecule has 0 aromatic carbocycles. The first-order valence-corrected chi connectivity index (χ1v) is 5.45. The molecule has 15 heavy (non-hydrogen) atoms. The fourth-order valence-electron chi connectivity index (χ4n) is 2.42. The zero-order chi connectivity index (χ0) is 11.1. The third-order valence-electron chi connectivity index (χ3n) is 3.25. The van der Waals surface area contributed by atoms with Gasteiger partial charge in [-0.2, -0.15) is 0 Å². The van der Waals surface area contributed by atoms with Gasteiger partial charge in [-0.25, -0.2) is 4.79 Å². The van der Waals surface area contributed by atoms with Crippen molar-refractivity contribution in [1.82, 2.24) is 0 Å². The lowest BCUT2D eigenvalue weighted by Crippen LogP contribution is -2.46. The first-order chi connectivity index (χ1) is 7.04. The van der Waals surface area contributed by atoms with Gasteiger partial charge >= 0.3 is 5.97 Å². The number of aliphatic carboxylic acids is 1. The van der Waals surface area contributed by atoms with Crippen LogP contribution in [0.4, 0.5) is 0 Å². The molecule has 1 saturated carbocycles. The molecule has 0 aliphatic heterocycles. The van der Waals surface area contributed by atoms with E-state index in [1.165, 1.54) is 0 Å². The van der Waals surface area contributed by atoms with Gasteiger partial charge in [-0.05, 0) is 43.3 Å². The van der Waals surface area contributed by atoms with E-state index in [2.05, 4.69) is 0 Å². The van der Waals surface area contributed by atoms with Gasteiger partial charge in [0.05, 0.1) is 0 Å². The molecule has 0 spiro atoms. The molecular formula is C11H13ClO3. The van der Waals surface area contributed by atoms with Gasteiger partial charge in [0, 0.05) is 5.03 Å². The Morgan fingerprint density at radius 3 is 3.00 bits per heavy atom. The van der Waals surface area contributed by atoms with Crippen molar-refractivity contribution >= 4 is 17.6 Å². The number of carbonyl (C=O) groups is 1. The third-order valence-corrected chi connectivity index (χ3v) is 3.52. The molecule has 3 nitrogen and oxygen atoms in total. The van der Waals surface area contributed by atoms with Crippen molar-refractivity contribution in [2.45, 2.75) is 31.3 Å². The first-order valence-electron chi connectivity index (χ1n) is 5.07. The molecular weight excluding hydrogens is 216 g/mol. The Morgan fingerprint density at radius 1 is 1.60 bits per heavy atom. The molecule has 2 unspecified atom stereocenters. The normalized spacial score (nSPS) is 35.2. The zero-order valence-electron chi connectivity index (χ0n) is 8.24. The van der Waals surface area contributed by atoms with Crippen molar-refractivity contribution in [3.63, 3.8) is 0 Å². The van der Waals surface area contributed by atoms with Gasteiger partial charge in [0.25, 0.3) is 0 Å². The van der Waals surface area contributed by atoms with E-state index in [1.807, 2.05) is 6.08 Å². The van der Waals surface area contributed by atoms with E-state index in [-0.39, 0.29) is 12.3 Å². The summed E-state index contributed by atoms with van der Waals surface area (Å²) in [6.45, 7) is 0. The summed E-state index contributed by atoms with van der Waals surface area (Å²) in [5, 5.41) is 19.7. The highest BCUT2D eigenvalue weighted by Crippen LogP contribution is 2.42. The number of hydrogen-bond donors (Lipinski definition) is 2. The maximum Gasteiger partial charge on any atom is 0.340 e. The van der Waals surface area contributed by atoms with Crippen LogP contribution < -0.4 is 0 Å². The van der Waals surface area contributed by atoms with Gasteiger partial charge in [0.15, 0.2) is 5.60 Å². The number of allylic oxidation sites excluding steroid dienone is 3. The van der Waals surface area contributed by atoms with Crippen LogP contribution in [0.5, 0.6) is 0 Å². The molecule has 0 saturated heterocycles. The topological polar surface area (TPSA) is 57.5 Å². The number of halogens is 1. The molecule has 2 aliphatic carbocycles. The molecule has 1 fully saturated rings. The maximum atomic E-state index is 11.1. The molecule has 0 radical (unpaired) electrons. The molecule has 2 N–H and O–H groups in total. The van der Waals surface area contributed by atoms with Crippen molar-refractivity contribution in [3.8, 4) is 0 Å². The lowest BCUT2D eigenvalue weighted by atomic mass is 9.70. The highest BCUT2D eigenvalue weighted by molar-refractivity contribution is 6.31. The van der Waals surface area contributed by atoms with Crippen LogP contribution in [-0.4, -0.2) is 21.8 Å². The average Bonchev–Trinajstić information content (AvgIpc) is 2.19. The quantitative estimate of drug-likeness (QED) is 0.722. The molecule has 0 heterocycles. The Morgan fingerprint density at radius 2 is 2.33 bits per heavy atom. The highest BCUT2D eigenvalue weighted by Gasteiger charge is 2.45. The summed E-state index contributed by atoms with van der Waals surface area (Å²) in [5.41, 5.74) is -1.12. The predicted molar refractivity (Wildman–Crippen MR) is 56.6 cm³/mol. The Bertz CT molecular complexity index is 359. The van der Waals surface area contributed by atoms with Crippen LogP contribution in [-0.2, 0) is 4.79 Å². The van der Waals surface area contributed by atoms with Crippen LogP contribution in [0.15, 0.2) is 22.8 Å². The summed E-state index contributed by atoms with van der Waals surface area (Å²) in [6.07, 6.45) is 6.19. The van der Waals surface area contributed by atoms with Crippen molar-refractivity contribution in [1.29, 1.82) is 0 Å². The second-order valence-corrected chi connectivity index (χ2v) is 4.62. The van der Waals surface area contributed by atoms with Gasteiger partial charge in [0.1, 0.15) is 0 Å². The lowest BCUT2D eigenvalue weighted by molar-refractivity contribution is -0.157. The molecule has 2 aliphatic rings. The van der Waals surface area contributed by atoms with Gasteiger partial charge in [0.2, 0.25) is 0 Å². The van der Waals surface area contributed by atoms with Crippen molar-refractivity contribution in [3.05, 3.63) is 22.8 Å². The number of rotatable bonds is 1. The number of carboxylic acids is 1. The second kappa shape index (κ2) is 3.65. The van der Waals surface area contributed by atoms with E-state index >= 15 is 0 Å².